The molecule has 4 aromatic rings. The van der Waals surface area contributed by atoms with E-state index in [0.717, 1.165) is 39.8 Å². The van der Waals surface area contributed by atoms with Gasteiger partial charge in [-0.3, -0.25) is 9.78 Å². The number of benzene rings is 2. The summed E-state index contributed by atoms with van der Waals surface area (Å²) < 4.78 is 1.77. The molecule has 0 amide bonds. The molecule has 0 unspecified atom stereocenters. The molecule has 0 fully saturated rings. The number of fused-ring (bicyclic) bond motifs is 2. The van der Waals surface area contributed by atoms with E-state index in [9.17, 15) is 4.79 Å². The highest BCUT2D eigenvalue weighted by molar-refractivity contribution is 5.74. The average Bonchev–Trinajstić information content (AvgIpc) is 3.18. The van der Waals surface area contributed by atoms with Crippen LogP contribution in [0.25, 0.3) is 28.2 Å². The molecule has 2 aromatic carbocycles. The minimum atomic E-state index is -0.0940. The molecule has 4 heteroatoms. The zero-order valence-corrected chi connectivity index (χ0v) is 14.7. The van der Waals surface area contributed by atoms with Gasteiger partial charge in [0.1, 0.15) is 0 Å². The first-order valence-corrected chi connectivity index (χ1v) is 8.97. The monoisotopic (exact) mass is 351 g/mol. The van der Waals surface area contributed by atoms with Crippen molar-refractivity contribution >= 4 is 17.1 Å². The van der Waals surface area contributed by atoms with Crippen LogP contribution in [0.4, 0.5) is 0 Å². The van der Waals surface area contributed by atoms with Crippen LogP contribution >= 0.6 is 0 Å². The molecule has 2 heterocycles. The van der Waals surface area contributed by atoms with Crippen molar-refractivity contribution in [3.8, 4) is 11.1 Å². The molecule has 0 spiro atoms. The van der Waals surface area contributed by atoms with Crippen molar-refractivity contribution in [3.63, 3.8) is 0 Å². The van der Waals surface area contributed by atoms with Gasteiger partial charge in [-0.2, -0.15) is 0 Å². The van der Waals surface area contributed by atoms with Gasteiger partial charge in [0.2, 0.25) is 0 Å². The molecule has 130 valence electrons. The van der Waals surface area contributed by atoms with Crippen LogP contribution in [0.2, 0.25) is 0 Å². The Bertz CT molecular complexity index is 1250. The Balaban J connectivity index is 1.55. The van der Waals surface area contributed by atoms with E-state index < -0.39 is 0 Å². The van der Waals surface area contributed by atoms with E-state index in [2.05, 4.69) is 40.3 Å². The standard InChI is InChI=1S/C23H17N3O/c27-23-14-25-21-8-1-2-10-22(21)26(23)15-16-5-3-6-17(11-16)19-12-18-7-4-9-20(18)24-13-19/h1-8,10-14H,9,15H2. The molecule has 5 rings (SSSR count). The second kappa shape index (κ2) is 6.32. The molecule has 27 heavy (non-hydrogen) atoms. The second-order valence-corrected chi connectivity index (χ2v) is 6.74. The molecule has 0 radical (unpaired) electrons. The van der Waals surface area contributed by atoms with Gasteiger partial charge in [0.05, 0.1) is 29.5 Å². The third-order valence-electron chi connectivity index (χ3n) is 4.97. The van der Waals surface area contributed by atoms with Crippen molar-refractivity contribution in [2.75, 3.05) is 0 Å². The number of rotatable bonds is 3. The lowest BCUT2D eigenvalue weighted by molar-refractivity contribution is 0.787. The highest BCUT2D eigenvalue weighted by atomic mass is 16.1. The van der Waals surface area contributed by atoms with E-state index in [4.69, 9.17) is 0 Å². The van der Waals surface area contributed by atoms with Gasteiger partial charge < -0.3 is 4.57 Å². The smallest absolute Gasteiger partial charge is 0.269 e. The van der Waals surface area contributed by atoms with Crippen LogP contribution < -0.4 is 5.56 Å². The molecule has 0 aliphatic heterocycles. The summed E-state index contributed by atoms with van der Waals surface area (Å²) in [5.74, 6) is 0. The molecule has 2 aromatic heterocycles. The SMILES string of the molecule is O=c1cnc2ccccc2n1Cc1cccc(-c2cnc3c(c2)C=CC3)c1. The largest absolute Gasteiger partial charge is 0.301 e. The minimum absolute atomic E-state index is 0.0940. The van der Waals surface area contributed by atoms with Crippen LogP contribution in [0.1, 0.15) is 16.8 Å². The maximum absolute atomic E-state index is 12.4. The van der Waals surface area contributed by atoms with Crippen LogP contribution in [-0.4, -0.2) is 14.5 Å². The minimum Gasteiger partial charge on any atom is -0.301 e. The van der Waals surface area contributed by atoms with E-state index in [1.165, 1.54) is 11.8 Å². The van der Waals surface area contributed by atoms with E-state index in [1.54, 1.807) is 4.57 Å². The van der Waals surface area contributed by atoms with Crippen LogP contribution in [0.3, 0.4) is 0 Å². The van der Waals surface area contributed by atoms with Gasteiger partial charge in [-0.05, 0) is 41.0 Å². The summed E-state index contributed by atoms with van der Waals surface area (Å²) >= 11 is 0. The Kier molecular flexibility index (Phi) is 3.68. The highest BCUT2D eigenvalue weighted by Crippen LogP contribution is 2.26. The summed E-state index contributed by atoms with van der Waals surface area (Å²) in [5, 5.41) is 0. The zero-order valence-electron chi connectivity index (χ0n) is 14.7. The molecule has 4 nitrogen and oxygen atoms in total. The lowest BCUT2D eigenvalue weighted by atomic mass is 10.0. The van der Waals surface area contributed by atoms with Gasteiger partial charge in [0.15, 0.2) is 0 Å². The maximum Gasteiger partial charge on any atom is 0.269 e. The second-order valence-electron chi connectivity index (χ2n) is 6.74. The zero-order chi connectivity index (χ0) is 18.2. The Morgan fingerprint density at radius 3 is 2.81 bits per heavy atom. The summed E-state index contributed by atoms with van der Waals surface area (Å²) in [6.07, 6.45) is 8.49. The fourth-order valence-corrected chi connectivity index (χ4v) is 3.59. The molecule has 0 N–H and O–H groups in total. The molecule has 0 saturated heterocycles. The Morgan fingerprint density at radius 2 is 1.85 bits per heavy atom. The number of allylic oxidation sites excluding steroid dienone is 1. The Morgan fingerprint density at radius 1 is 0.926 bits per heavy atom. The number of hydrogen-bond donors (Lipinski definition) is 0. The van der Waals surface area contributed by atoms with Crippen molar-refractivity contribution in [2.45, 2.75) is 13.0 Å². The quantitative estimate of drug-likeness (QED) is 0.559. The third-order valence-corrected chi connectivity index (χ3v) is 4.97. The van der Waals surface area contributed by atoms with Crippen LogP contribution in [-0.2, 0) is 13.0 Å². The maximum atomic E-state index is 12.4. The topological polar surface area (TPSA) is 47.8 Å². The molecular formula is C23H17N3O. The fraction of sp³-hybridized carbons (Fsp3) is 0.0870. The number of pyridine rings is 1. The number of hydrogen-bond acceptors (Lipinski definition) is 3. The van der Waals surface area contributed by atoms with Gasteiger partial charge in [-0.1, -0.05) is 42.5 Å². The van der Waals surface area contributed by atoms with E-state index in [0.29, 0.717) is 6.54 Å². The van der Waals surface area contributed by atoms with Crippen molar-refractivity contribution in [3.05, 3.63) is 100 Å². The average molecular weight is 351 g/mol. The normalized spacial score (nSPS) is 12.4. The number of nitrogens with zero attached hydrogens (tertiary/aromatic N) is 3. The van der Waals surface area contributed by atoms with E-state index >= 15 is 0 Å². The molecular weight excluding hydrogens is 334 g/mol. The van der Waals surface area contributed by atoms with Gasteiger partial charge in [0.25, 0.3) is 5.56 Å². The molecule has 0 saturated carbocycles. The summed E-state index contributed by atoms with van der Waals surface area (Å²) in [7, 11) is 0. The van der Waals surface area contributed by atoms with Gasteiger partial charge in [-0.25, -0.2) is 4.98 Å². The predicted octanol–water partition coefficient (Wildman–Crippen LogP) is 4.08. The fourth-order valence-electron chi connectivity index (χ4n) is 3.59. The summed E-state index contributed by atoms with van der Waals surface area (Å²) in [6, 6.07) is 18.2. The summed E-state index contributed by atoms with van der Waals surface area (Å²) in [5.41, 5.74) is 7.16. The highest BCUT2D eigenvalue weighted by Gasteiger charge is 2.09. The summed E-state index contributed by atoms with van der Waals surface area (Å²) in [4.78, 5) is 21.2. The predicted molar refractivity (Wildman–Crippen MR) is 108 cm³/mol. The first-order chi connectivity index (χ1) is 13.3. The van der Waals surface area contributed by atoms with Crippen LogP contribution in [0.5, 0.6) is 0 Å². The Labute approximate surface area is 156 Å². The van der Waals surface area contributed by atoms with Crippen LogP contribution in [0.15, 0.2) is 77.9 Å². The third kappa shape index (κ3) is 2.85. The number of aromatic nitrogens is 3. The first kappa shape index (κ1) is 15.7. The lowest BCUT2D eigenvalue weighted by Gasteiger charge is -2.11. The molecule has 1 aliphatic carbocycles. The van der Waals surface area contributed by atoms with Crippen LogP contribution in [0, 0.1) is 0 Å². The van der Waals surface area contributed by atoms with E-state index in [1.807, 2.05) is 42.6 Å². The van der Waals surface area contributed by atoms with Crippen molar-refractivity contribution in [1.29, 1.82) is 0 Å². The van der Waals surface area contributed by atoms with E-state index in [-0.39, 0.29) is 5.56 Å². The molecule has 1 aliphatic rings. The molecule has 0 bridgehead atoms. The van der Waals surface area contributed by atoms with Crippen molar-refractivity contribution in [1.82, 2.24) is 14.5 Å². The first-order valence-electron chi connectivity index (χ1n) is 8.97. The van der Waals surface area contributed by atoms with Gasteiger partial charge in [-0.15, -0.1) is 0 Å². The van der Waals surface area contributed by atoms with Gasteiger partial charge in [0, 0.05) is 18.2 Å². The van der Waals surface area contributed by atoms with Crippen molar-refractivity contribution in [2.24, 2.45) is 0 Å². The van der Waals surface area contributed by atoms with Crippen molar-refractivity contribution < 1.29 is 0 Å². The summed E-state index contributed by atoms with van der Waals surface area (Å²) in [6.45, 7) is 0.508. The van der Waals surface area contributed by atoms with Gasteiger partial charge >= 0.3 is 0 Å². The lowest BCUT2D eigenvalue weighted by Crippen LogP contribution is -2.21. The molecule has 0 atom stereocenters. The number of para-hydroxylation sites is 2. The Hall–Kier alpha value is -3.53.